The molecule has 3 rings (SSSR count). The second-order valence-electron chi connectivity index (χ2n) is 6.12. The minimum absolute atomic E-state index is 0.105. The van der Waals surface area contributed by atoms with Crippen LogP contribution < -0.4 is 0 Å². The van der Waals surface area contributed by atoms with Gasteiger partial charge in [0.25, 0.3) is 11.8 Å². The predicted molar refractivity (Wildman–Crippen MR) is 77.6 cm³/mol. The van der Waals surface area contributed by atoms with Crippen molar-refractivity contribution in [3.8, 4) is 0 Å². The largest absolute Gasteiger partial charge is 0.447 e. The van der Waals surface area contributed by atoms with Crippen molar-refractivity contribution in [1.29, 1.82) is 0 Å². The molecule has 118 valence electrons. The van der Waals surface area contributed by atoms with Gasteiger partial charge in [-0.1, -0.05) is 38.0 Å². The molecule has 0 aliphatic carbocycles. The molecule has 7 nitrogen and oxygen atoms in total. The molecule has 0 saturated carbocycles. The Balaban J connectivity index is 1.81. The van der Waals surface area contributed by atoms with E-state index in [1.54, 1.807) is 12.1 Å². The van der Waals surface area contributed by atoms with Crippen molar-refractivity contribution in [2.75, 3.05) is 0 Å². The molecule has 0 saturated heterocycles. The standard InChI is InChI=1S/C16H14N2O5/c1-16(2,3)15-17-11(8-22-15)14(21)23-18-12(19)9-6-4-5-7-10(9)13(18)20/h4-8H,1-3H3. The molecule has 2 aromatic rings. The zero-order chi connectivity index (χ0) is 16.8. The quantitative estimate of drug-likeness (QED) is 0.790. The third-order valence-electron chi connectivity index (χ3n) is 3.29. The molecule has 1 aromatic heterocycles. The first-order valence-corrected chi connectivity index (χ1v) is 6.95. The SMILES string of the molecule is CC(C)(C)c1nc(C(=O)ON2C(=O)c3ccccc3C2=O)co1. The van der Waals surface area contributed by atoms with Crippen LogP contribution in [0.3, 0.4) is 0 Å². The van der Waals surface area contributed by atoms with Gasteiger partial charge in [0.05, 0.1) is 11.1 Å². The van der Waals surface area contributed by atoms with Gasteiger partial charge in [0.1, 0.15) is 6.26 Å². The number of carbonyl (C=O) groups excluding carboxylic acids is 3. The molecule has 1 aliphatic heterocycles. The number of amides is 2. The lowest BCUT2D eigenvalue weighted by molar-refractivity contribution is -0.0588. The Hall–Kier alpha value is -2.96. The van der Waals surface area contributed by atoms with Crippen LogP contribution in [0.25, 0.3) is 0 Å². The lowest BCUT2D eigenvalue weighted by atomic mass is 9.97. The molecule has 2 amide bonds. The molecule has 0 spiro atoms. The van der Waals surface area contributed by atoms with Gasteiger partial charge < -0.3 is 9.25 Å². The fraction of sp³-hybridized carbons (Fsp3) is 0.250. The maximum atomic E-state index is 12.1. The summed E-state index contributed by atoms with van der Waals surface area (Å²) in [4.78, 5) is 45.3. The molecule has 0 bridgehead atoms. The normalized spacial score (nSPS) is 14.1. The van der Waals surface area contributed by atoms with Gasteiger partial charge in [0, 0.05) is 5.41 Å². The highest BCUT2D eigenvalue weighted by Gasteiger charge is 2.39. The third kappa shape index (κ3) is 2.50. The highest BCUT2D eigenvalue weighted by molar-refractivity contribution is 6.21. The molecule has 23 heavy (non-hydrogen) atoms. The van der Waals surface area contributed by atoms with E-state index in [-0.39, 0.29) is 22.2 Å². The van der Waals surface area contributed by atoms with E-state index in [1.165, 1.54) is 12.1 Å². The first-order valence-electron chi connectivity index (χ1n) is 6.95. The van der Waals surface area contributed by atoms with Gasteiger partial charge in [-0.3, -0.25) is 9.59 Å². The van der Waals surface area contributed by atoms with Crippen LogP contribution >= 0.6 is 0 Å². The van der Waals surface area contributed by atoms with Gasteiger partial charge in [-0.15, -0.1) is 0 Å². The Morgan fingerprint density at radius 3 is 2.17 bits per heavy atom. The van der Waals surface area contributed by atoms with Crippen LogP contribution in [0, 0.1) is 0 Å². The number of benzene rings is 1. The van der Waals surface area contributed by atoms with E-state index in [9.17, 15) is 14.4 Å². The van der Waals surface area contributed by atoms with Crippen molar-refractivity contribution in [3.05, 3.63) is 53.2 Å². The molecule has 1 aliphatic rings. The molecule has 0 N–H and O–H groups in total. The Morgan fingerprint density at radius 1 is 1.13 bits per heavy atom. The minimum atomic E-state index is -0.932. The summed E-state index contributed by atoms with van der Waals surface area (Å²) in [6, 6.07) is 6.25. The van der Waals surface area contributed by atoms with E-state index in [0.717, 1.165) is 6.26 Å². The number of nitrogens with zero attached hydrogens (tertiary/aromatic N) is 2. The summed E-state index contributed by atoms with van der Waals surface area (Å²) in [7, 11) is 0. The van der Waals surface area contributed by atoms with E-state index in [1.807, 2.05) is 20.8 Å². The molecular weight excluding hydrogens is 300 g/mol. The van der Waals surface area contributed by atoms with Crippen LogP contribution in [0.1, 0.15) is 57.9 Å². The Bertz CT molecular complexity index is 781. The summed E-state index contributed by atoms with van der Waals surface area (Å²) in [5.41, 5.74) is -0.0956. The average molecular weight is 314 g/mol. The van der Waals surface area contributed by atoms with E-state index < -0.39 is 17.8 Å². The van der Waals surface area contributed by atoms with Crippen molar-refractivity contribution in [2.45, 2.75) is 26.2 Å². The number of rotatable bonds is 2. The first kappa shape index (κ1) is 15.0. The molecular formula is C16H14N2O5. The maximum Gasteiger partial charge on any atom is 0.385 e. The molecule has 2 heterocycles. The zero-order valence-corrected chi connectivity index (χ0v) is 12.8. The van der Waals surface area contributed by atoms with Gasteiger partial charge in [-0.25, -0.2) is 9.78 Å². The lowest BCUT2D eigenvalue weighted by Crippen LogP contribution is -2.32. The van der Waals surface area contributed by atoms with Crippen LogP contribution in [-0.4, -0.2) is 27.8 Å². The van der Waals surface area contributed by atoms with Crippen molar-refractivity contribution in [1.82, 2.24) is 10.0 Å². The topological polar surface area (TPSA) is 89.7 Å². The van der Waals surface area contributed by atoms with Crippen LogP contribution in [0.15, 0.2) is 34.9 Å². The van der Waals surface area contributed by atoms with E-state index in [4.69, 9.17) is 9.25 Å². The van der Waals surface area contributed by atoms with Gasteiger partial charge >= 0.3 is 5.97 Å². The van der Waals surface area contributed by atoms with Crippen molar-refractivity contribution in [2.24, 2.45) is 0 Å². The Morgan fingerprint density at radius 2 is 1.70 bits per heavy atom. The van der Waals surface area contributed by atoms with Crippen molar-refractivity contribution < 1.29 is 23.6 Å². The second kappa shape index (κ2) is 5.05. The fourth-order valence-electron chi connectivity index (χ4n) is 2.09. The maximum absolute atomic E-state index is 12.1. The summed E-state index contributed by atoms with van der Waals surface area (Å²) in [6.45, 7) is 5.62. The fourth-order valence-corrected chi connectivity index (χ4v) is 2.09. The summed E-state index contributed by atoms with van der Waals surface area (Å²) in [5.74, 6) is -1.94. The summed E-state index contributed by atoms with van der Waals surface area (Å²) >= 11 is 0. The molecule has 0 unspecified atom stereocenters. The highest BCUT2D eigenvalue weighted by Crippen LogP contribution is 2.24. The number of hydrogen-bond acceptors (Lipinski definition) is 6. The van der Waals surface area contributed by atoms with E-state index >= 15 is 0 Å². The Labute approximate surface area is 131 Å². The van der Waals surface area contributed by atoms with Crippen LogP contribution in [-0.2, 0) is 10.3 Å². The van der Waals surface area contributed by atoms with E-state index in [0.29, 0.717) is 11.0 Å². The third-order valence-corrected chi connectivity index (χ3v) is 3.29. The van der Waals surface area contributed by atoms with Gasteiger partial charge in [-0.05, 0) is 12.1 Å². The molecule has 0 radical (unpaired) electrons. The van der Waals surface area contributed by atoms with Crippen molar-refractivity contribution >= 4 is 17.8 Å². The van der Waals surface area contributed by atoms with Crippen LogP contribution in [0.2, 0.25) is 0 Å². The lowest BCUT2D eigenvalue weighted by Gasteiger charge is -2.12. The molecule has 7 heteroatoms. The average Bonchev–Trinajstić information content (AvgIpc) is 3.08. The minimum Gasteiger partial charge on any atom is -0.447 e. The van der Waals surface area contributed by atoms with Gasteiger partial charge in [0.15, 0.2) is 11.6 Å². The van der Waals surface area contributed by atoms with Crippen molar-refractivity contribution in [3.63, 3.8) is 0 Å². The first-order chi connectivity index (χ1) is 10.8. The van der Waals surface area contributed by atoms with Crippen LogP contribution in [0.4, 0.5) is 0 Å². The number of hydroxylamine groups is 2. The number of aromatic nitrogens is 1. The highest BCUT2D eigenvalue weighted by atomic mass is 16.7. The van der Waals surface area contributed by atoms with Crippen LogP contribution in [0.5, 0.6) is 0 Å². The summed E-state index contributed by atoms with van der Waals surface area (Å²) < 4.78 is 5.23. The Kier molecular flexibility index (Phi) is 3.28. The molecule has 0 fully saturated rings. The second-order valence-corrected chi connectivity index (χ2v) is 6.12. The number of oxazole rings is 1. The number of carbonyl (C=O) groups is 3. The predicted octanol–water partition coefficient (Wildman–Crippen LogP) is 2.34. The monoisotopic (exact) mass is 314 g/mol. The zero-order valence-electron chi connectivity index (χ0n) is 12.8. The van der Waals surface area contributed by atoms with E-state index in [2.05, 4.69) is 4.98 Å². The summed E-state index contributed by atoms with van der Waals surface area (Å²) in [5, 5.41) is 0.443. The number of imide groups is 1. The molecule has 0 atom stereocenters. The van der Waals surface area contributed by atoms with Gasteiger partial charge in [-0.2, -0.15) is 0 Å². The molecule has 1 aromatic carbocycles. The van der Waals surface area contributed by atoms with Gasteiger partial charge in [0.2, 0.25) is 0 Å². The smallest absolute Gasteiger partial charge is 0.385 e. The number of hydrogen-bond donors (Lipinski definition) is 0. The number of fused-ring (bicyclic) bond motifs is 1. The summed E-state index contributed by atoms with van der Waals surface area (Å²) in [6.07, 6.45) is 1.14.